The number of amides is 3. The van der Waals surface area contributed by atoms with Crippen molar-refractivity contribution < 1.29 is 18.4 Å². The standard InChI is InChI=1S/C27H33F2N7O2/c28-27(29)7-8-35(22(11-27)23(30)37)20-5-3-17(4-6-20)19-12-33(13-19)25(38)34-14-26(15-34)9-21(10-26)36-16-31-24(32-36)18-1-2-18/h3-6,16,18-19,21-22H,1-2,7-15H2,(H2,30,37). The molecule has 9 nitrogen and oxygen atoms in total. The molecular formula is C27H33F2N7O2. The summed E-state index contributed by atoms with van der Waals surface area (Å²) >= 11 is 0. The second-order valence-corrected chi connectivity index (χ2v) is 12.2. The maximum Gasteiger partial charge on any atom is 0.320 e. The van der Waals surface area contributed by atoms with E-state index < -0.39 is 24.3 Å². The van der Waals surface area contributed by atoms with Crippen molar-refractivity contribution in [1.29, 1.82) is 0 Å². The summed E-state index contributed by atoms with van der Waals surface area (Å²) in [6.07, 6.45) is 5.56. The Morgan fingerprint density at radius 1 is 0.974 bits per heavy atom. The third kappa shape index (κ3) is 4.10. The summed E-state index contributed by atoms with van der Waals surface area (Å²) in [5.41, 5.74) is 7.50. The number of halogens is 2. The van der Waals surface area contributed by atoms with Gasteiger partial charge in [0.15, 0.2) is 5.82 Å². The summed E-state index contributed by atoms with van der Waals surface area (Å²) < 4.78 is 29.7. The molecule has 4 heterocycles. The van der Waals surface area contributed by atoms with Crippen LogP contribution in [0.1, 0.15) is 67.8 Å². The molecule has 5 aliphatic rings. The van der Waals surface area contributed by atoms with Gasteiger partial charge in [-0.2, -0.15) is 5.10 Å². The first kappa shape index (κ1) is 23.8. The Morgan fingerprint density at radius 3 is 2.34 bits per heavy atom. The van der Waals surface area contributed by atoms with E-state index >= 15 is 0 Å². The number of carbonyl (C=O) groups is 2. The summed E-state index contributed by atoms with van der Waals surface area (Å²) in [7, 11) is 0. The first-order valence-corrected chi connectivity index (χ1v) is 13.7. The number of piperidine rings is 1. The van der Waals surface area contributed by atoms with E-state index in [2.05, 4.69) is 10.1 Å². The lowest BCUT2D eigenvalue weighted by atomic mass is 9.61. The number of alkyl halides is 2. The number of rotatable bonds is 5. The average molecular weight is 526 g/mol. The molecule has 0 radical (unpaired) electrons. The van der Waals surface area contributed by atoms with E-state index in [-0.39, 0.29) is 30.3 Å². The topological polar surface area (TPSA) is 101 Å². The van der Waals surface area contributed by atoms with E-state index in [9.17, 15) is 18.4 Å². The highest BCUT2D eigenvalue weighted by molar-refractivity contribution is 5.84. The van der Waals surface area contributed by atoms with Crippen LogP contribution in [-0.2, 0) is 4.79 Å². The van der Waals surface area contributed by atoms with Crippen LogP contribution in [0.4, 0.5) is 19.3 Å². The predicted octanol–water partition coefficient (Wildman–Crippen LogP) is 3.10. The lowest BCUT2D eigenvalue weighted by Gasteiger charge is -2.60. The normalized spacial score (nSPS) is 26.6. The minimum absolute atomic E-state index is 0.0874. The van der Waals surface area contributed by atoms with Gasteiger partial charge in [0, 0.05) is 68.5 Å². The molecule has 38 heavy (non-hydrogen) atoms. The Kier molecular flexibility index (Phi) is 5.26. The molecule has 1 aromatic carbocycles. The largest absolute Gasteiger partial charge is 0.368 e. The highest BCUT2D eigenvalue weighted by Crippen LogP contribution is 2.54. The molecule has 5 fully saturated rings. The molecule has 2 aliphatic carbocycles. The third-order valence-electron chi connectivity index (χ3n) is 9.27. The van der Waals surface area contributed by atoms with E-state index in [1.807, 2.05) is 45.1 Å². The molecule has 202 valence electrons. The van der Waals surface area contributed by atoms with Gasteiger partial charge in [0.05, 0.1) is 6.04 Å². The minimum atomic E-state index is -2.87. The van der Waals surface area contributed by atoms with Crippen molar-refractivity contribution in [1.82, 2.24) is 24.6 Å². The lowest BCUT2D eigenvalue weighted by Crippen LogP contribution is -2.67. The molecule has 1 aromatic heterocycles. The first-order valence-electron chi connectivity index (χ1n) is 13.7. The average Bonchev–Trinajstić information content (AvgIpc) is 3.54. The van der Waals surface area contributed by atoms with Gasteiger partial charge in [-0.25, -0.2) is 23.2 Å². The van der Waals surface area contributed by atoms with Crippen LogP contribution in [0.2, 0.25) is 0 Å². The first-order chi connectivity index (χ1) is 18.2. The van der Waals surface area contributed by atoms with Crippen molar-refractivity contribution in [2.75, 3.05) is 37.6 Å². The maximum atomic E-state index is 13.8. The monoisotopic (exact) mass is 525 g/mol. The summed E-state index contributed by atoms with van der Waals surface area (Å²) in [4.78, 5) is 34.8. The SMILES string of the molecule is NC(=O)C1CC(F)(F)CCN1c1ccc(C2CN(C(=O)N3CC4(CC(n5cnc(C6CC6)n5)C4)C3)C2)cc1. The van der Waals surface area contributed by atoms with Gasteiger partial charge < -0.3 is 20.4 Å². The molecule has 2 N–H and O–H groups in total. The van der Waals surface area contributed by atoms with Gasteiger partial charge >= 0.3 is 6.03 Å². The van der Waals surface area contributed by atoms with Gasteiger partial charge in [0.2, 0.25) is 5.91 Å². The highest BCUT2D eigenvalue weighted by Gasteiger charge is 2.55. The van der Waals surface area contributed by atoms with Crippen molar-refractivity contribution in [2.45, 2.75) is 68.4 Å². The number of nitrogens with zero attached hydrogens (tertiary/aromatic N) is 6. The van der Waals surface area contributed by atoms with Crippen molar-refractivity contribution >= 4 is 17.6 Å². The van der Waals surface area contributed by atoms with Gasteiger partial charge in [0.25, 0.3) is 5.92 Å². The van der Waals surface area contributed by atoms with E-state index in [0.717, 1.165) is 43.0 Å². The van der Waals surface area contributed by atoms with Gasteiger partial charge in [0.1, 0.15) is 12.4 Å². The van der Waals surface area contributed by atoms with Crippen LogP contribution < -0.4 is 10.6 Å². The molecule has 1 unspecified atom stereocenters. The zero-order chi connectivity index (χ0) is 26.2. The number of hydrogen-bond acceptors (Lipinski definition) is 5. The summed E-state index contributed by atoms with van der Waals surface area (Å²) in [5, 5.41) is 4.67. The van der Waals surface area contributed by atoms with E-state index in [1.54, 1.807) is 4.90 Å². The van der Waals surface area contributed by atoms with Gasteiger partial charge in [-0.3, -0.25) is 4.79 Å². The van der Waals surface area contributed by atoms with Crippen LogP contribution in [0.3, 0.4) is 0 Å². The zero-order valence-electron chi connectivity index (χ0n) is 21.3. The molecule has 1 spiro atoms. The number of anilines is 1. The predicted molar refractivity (Wildman–Crippen MR) is 135 cm³/mol. The molecule has 2 aromatic rings. The van der Waals surface area contributed by atoms with Crippen molar-refractivity contribution in [2.24, 2.45) is 11.1 Å². The Balaban J connectivity index is 0.888. The van der Waals surface area contributed by atoms with E-state index in [1.165, 1.54) is 12.8 Å². The second kappa shape index (κ2) is 8.38. The highest BCUT2D eigenvalue weighted by atomic mass is 19.3. The lowest BCUT2D eigenvalue weighted by molar-refractivity contribution is -0.123. The number of nitrogens with two attached hydrogens (primary N) is 1. The van der Waals surface area contributed by atoms with Crippen molar-refractivity contribution in [3.05, 3.63) is 42.0 Å². The molecule has 3 aliphatic heterocycles. The van der Waals surface area contributed by atoms with Crippen LogP contribution in [0.15, 0.2) is 30.6 Å². The minimum Gasteiger partial charge on any atom is -0.368 e. The van der Waals surface area contributed by atoms with Gasteiger partial charge in [-0.1, -0.05) is 12.1 Å². The maximum absolute atomic E-state index is 13.8. The molecule has 1 atom stereocenters. The van der Waals surface area contributed by atoms with E-state index in [0.29, 0.717) is 25.0 Å². The number of likely N-dealkylation sites (tertiary alicyclic amines) is 2. The Hall–Kier alpha value is -3.24. The molecule has 7 rings (SSSR count). The fraction of sp³-hybridized carbons (Fsp3) is 0.630. The number of carbonyl (C=O) groups excluding carboxylic acids is 2. The van der Waals surface area contributed by atoms with Crippen molar-refractivity contribution in [3.8, 4) is 0 Å². The fourth-order valence-electron chi connectivity index (χ4n) is 6.76. The third-order valence-corrected chi connectivity index (χ3v) is 9.27. The zero-order valence-corrected chi connectivity index (χ0v) is 21.3. The Morgan fingerprint density at radius 2 is 1.68 bits per heavy atom. The Labute approximate surface area is 219 Å². The van der Waals surface area contributed by atoms with Crippen LogP contribution in [0.25, 0.3) is 0 Å². The molecular weight excluding hydrogens is 492 g/mol. The molecule has 3 amide bonds. The second-order valence-electron chi connectivity index (χ2n) is 12.2. The molecule has 2 saturated carbocycles. The fourth-order valence-corrected chi connectivity index (χ4v) is 6.76. The summed E-state index contributed by atoms with van der Waals surface area (Å²) in [6.45, 7) is 3.07. The van der Waals surface area contributed by atoms with Gasteiger partial charge in [-0.05, 0) is 43.4 Å². The van der Waals surface area contributed by atoms with Crippen LogP contribution in [0.5, 0.6) is 0 Å². The number of benzene rings is 1. The quantitative estimate of drug-likeness (QED) is 0.647. The van der Waals surface area contributed by atoms with E-state index in [4.69, 9.17) is 5.73 Å². The number of aromatic nitrogens is 3. The summed E-state index contributed by atoms with van der Waals surface area (Å²) in [6, 6.07) is 7.19. The van der Waals surface area contributed by atoms with Gasteiger partial charge in [-0.15, -0.1) is 0 Å². The number of hydrogen-bond donors (Lipinski definition) is 1. The molecule has 3 saturated heterocycles. The molecule has 11 heteroatoms. The van der Waals surface area contributed by atoms with Crippen LogP contribution in [0, 0.1) is 5.41 Å². The van der Waals surface area contributed by atoms with Crippen molar-refractivity contribution in [3.63, 3.8) is 0 Å². The van der Waals surface area contributed by atoms with Crippen LogP contribution >= 0.6 is 0 Å². The molecule has 0 bridgehead atoms. The number of primary amides is 1. The smallest absolute Gasteiger partial charge is 0.320 e. The Bertz CT molecular complexity index is 1240. The number of urea groups is 1. The van der Waals surface area contributed by atoms with Crippen LogP contribution in [-0.4, -0.2) is 81.2 Å². The summed E-state index contributed by atoms with van der Waals surface area (Å²) in [5.74, 6) is -1.79.